The zero-order chi connectivity index (χ0) is 15.6. The normalized spacial score (nSPS) is 11.0. The van der Waals surface area contributed by atoms with E-state index in [1.807, 2.05) is 20.8 Å². The Kier molecular flexibility index (Phi) is 4.46. The van der Waals surface area contributed by atoms with Crippen LogP contribution in [0.1, 0.15) is 37.6 Å². The van der Waals surface area contributed by atoms with Crippen molar-refractivity contribution in [3.8, 4) is 11.3 Å². The Bertz CT molecular complexity index is 656. The third kappa shape index (κ3) is 3.15. The number of carbonyl (C=O) groups excluding carboxylic acids is 1. The minimum absolute atomic E-state index is 0.0112. The van der Waals surface area contributed by atoms with Gasteiger partial charge in [0.1, 0.15) is 5.69 Å². The lowest BCUT2D eigenvalue weighted by atomic mass is 10.0. The van der Waals surface area contributed by atoms with Gasteiger partial charge in [0, 0.05) is 11.5 Å². The van der Waals surface area contributed by atoms with Gasteiger partial charge >= 0.3 is 0 Å². The van der Waals surface area contributed by atoms with Gasteiger partial charge in [-0.05, 0) is 25.8 Å². The van der Waals surface area contributed by atoms with Gasteiger partial charge in [0.2, 0.25) is 5.91 Å². The molecule has 1 aromatic carbocycles. The monoisotopic (exact) mass is 285 g/mol. The Balaban J connectivity index is 2.49. The van der Waals surface area contributed by atoms with Gasteiger partial charge in [-0.1, -0.05) is 44.5 Å². The van der Waals surface area contributed by atoms with E-state index in [-0.39, 0.29) is 11.8 Å². The van der Waals surface area contributed by atoms with E-state index in [9.17, 15) is 4.79 Å². The van der Waals surface area contributed by atoms with Crippen LogP contribution in [-0.2, 0) is 11.2 Å². The van der Waals surface area contributed by atoms with Crippen molar-refractivity contribution in [1.29, 1.82) is 0 Å². The third-order valence-electron chi connectivity index (χ3n) is 3.60. The van der Waals surface area contributed by atoms with Crippen molar-refractivity contribution in [3.05, 3.63) is 35.0 Å². The van der Waals surface area contributed by atoms with E-state index >= 15 is 0 Å². The smallest absolute Gasteiger partial charge is 0.227 e. The molecule has 1 aromatic heterocycles. The first kappa shape index (κ1) is 15.3. The summed E-state index contributed by atoms with van der Waals surface area (Å²) in [6.45, 7) is 9.96. The summed E-state index contributed by atoms with van der Waals surface area (Å²) in [5.41, 5.74) is 6.01. The van der Waals surface area contributed by atoms with Crippen molar-refractivity contribution in [2.24, 2.45) is 5.92 Å². The number of hydrogen-bond donors (Lipinski definition) is 2. The van der Waals surface area contributed by atoms with Crippen LogP contribution in [0.2, 0.25) is 0 Å². The van der Waals surface area contributed by atoms with Crippen molar-refractivity contribution in [1.82, 2.24) is 10.2 Å². The van der Waals surface area contributed by atoms with Crippen LogP contribution in [0.5, 0.6) is 0 Å². The maximum atomic E-state index is 12.0. The highest BCUT2D eigenvalue weighted by atomic mass is 16.1. The number of anilines is 1. The summed E-state index contributed by atoms with van der Waals surface area (Å²) in [4.78, 5) is 12.0. The average molecular weight is 285 g/mol. The standard InChI is InChI=1S/C17H23N3O/c1-6-14-16(18-17(21)10(2)3)15(20-19-14)13-8-7-11(4)9-12(13)5/h7-10H,6H2,1-5H3,(H,18,21)(H,19,20). The number of aryl methyl sites for hydroxylation is 3. The number of carbonyl (C=O) groups is 1. The van der Waals surface area contributed by atoms with Crippen LogP contribution < -0.4 is 5.32 Å². The molecule has 0 saturated carbocycles. The molecule has 0 fully saturated rings. The number of nitrogens with one attached hydrogen (secondary N) is 2. The third-order valence-corrected chi connectivity index (χ3v) is 3.60. The molecule has 1 heterocycles. The lowest BCUT2D eigenvalue weighted by molar-refractivity contribution is -0.118. The van der Waals surface area contributed by atoms with E-state index in [1.165, 1.54) is 5.56 Å². The average Bonchev–Trinajstić information content (AvgIpc) is 2.81. The lowest BCUT2D eigenvalue weighted by Gasteiger charge is -2.11. The van der Waals surface area contributed by atoms with Gasteiger partial charge in [-0.25, -0.2) is 0 Å². The van der Waals surface area contributed by atoms with E-state index in [0.717, 1.165) is 34.6 Å². The van der Waals surface area contributed by atoms with Crippen LogP contribution in [0.15, 0.2) is 18.2 Å². The van der Waals surface area contributed by atoms with Crippen molar-refractivity contribution < 1.29 is 4.79 Å². The molecule has 0 aliphatic carbocycles. The first-order valence-electron chi connectivity index (χ1n) is 7.39. The number of benzene rings is 1. The molecule has 0 bridgehead atoms. The molecule has 0 spiro atoms. The first-order valence-corrected chi connectivity index (χ1v) is 7.39. The van der Waals surface area contributed by atoms with Crippen LogP contribution in [0.25, 0.3) is 11.3 Å². The second-order valence-electron chi connectivity index (χ2n) is 5.74. The molecule has 1 amide bonds. The Hall–Kier alpha value is -2.10. The number of aromatic nitrogens is 2. The highest BCUT2D eigenvalue weighted by molar-refractivity contribution is 5.96. The minimum atomic E-state index is -0.0587. The Labute approximate surface area is 126 Å². The topological polar surface area (TPSA) is 57.8 Å². The van der Waals surface area contributed by atoms with Crippen LogP contribution in [0.3, 0.4) is 0 Å². The fourth-order valence-corrected chi connectivity index (χ4v) is 2.31. The van der Waals surface area contributed by atoms with Gasteiger partial charge in [-0.2, -0.15) is 5.10 Å². The second-order valence-corrected chi connectivity index (χ2v) is 5.74. The van der Waals surface area contributed by atoms with Gasteiger partial charge in [0.25, 0.3) is 0 Å². The van der Waals surface area contributed by atoms with Crippen molar-refractivity contribution in [3.63, 3.8) is 0 Å². The van der Waals surface area contributed by atoms with Crippen LogP contribution >= 0.6 is 0 Å². The predicted octanol–water partition coefficient (Wildman–Crippen LogP) is 3.85. The Morgan fingerprint density at radius 1 is 1.33 bits per heavy atom. The van der Waals surface area contributed by atoms with Gasteiger partial charge in [0.15, 0.2) is 0 Å². The number of nitrogens with zero attached hydrogens (tertiary/aromatic N) is 1. The number of amides is 1. The molecule has 0 radical (unpaired) electrons. The first-order chi connectivity index (χ1) is 9.93. The molecule has 21 heavy (non-hydrogen) atoms. The second kappa shape index (κ2) is 6.12. The molecule has 4 heteroatoms. The number of H-pyrrole nitrogens is 1. The van der Waals surface area contributed by atoms with Crippen LogP contribution in [-0.4, -0.2) is 16.1 Å². The van der Waals surface area contributed by atoms with Gasteiger partial charge < -0.3 is 5.32 Å². The summed E-state index contributed by atoms with van der Waals surface area (Å²) in [6, 6.07) is 6.26. The van der Waals surface area contributed by atoms with E-state index in [2.05, 4.69) is 47.6 Å². The van der Waals surface area contributed by atoms with Crippen LogP contribution in [0, 0.1) is 19.8 Å². The van der Waals surface area contributed by atoms with Gasteiger partial charge in [-0.15, -0.1) is 0 Å². The molecule has 0 aliphatic heterocycles. The van der Waals surface area contributed by atoms with Crippen molar-refractivity contribution in [2.75, 3.05) is 5.32 Å². The highest BCUT2D eigenvalue weighted by Crippen LogP contribution is 2.32. The maximum Gasteiger partial charge on any atom is 0.227 e. The molecule has 2 N–H and O–H groups in total. The molecular weight excluding hydrogens is 262 g/mol. The summed E-state index contributed by atoms with van der Waals surface area (Å²) >= 11 is 0. The molecule has 112 valence electrons. The van der Waals surface area contributed by atoms with Crippen molar-refractivity contribution >= 4 is 11.6 Å². The molecule has 2 rings (SSSR count). The fraction of sp³-hybridized carbons (Fsp3) is 0.412. The number of hydrogen-bond acceptors (Lipinski definition) is 2. The Morgan fingerprint density at radius 3 is 2.62 bits per heavy atom. The zero-order valence-electron chi connectivity index (χ0n) is 13.4. The number of rotatable bonds is 4. The summed E-state index contributed by atoms with van der Waals surface area (Å²) in [7, 11) is 0. The largest absolute Gasteiger partial charge is 0.322 e. The van der Waals surface area contributed by atoms with Gasteiger partial charge in [0.05, 0.1) is 11.4 Å². The molecule has 0 atom stereocenters. The van der Waals surface area contributed by atoms with E-state index < -0.39 is 0 Å². The molecule has 0 saturated heterocycles. The van der Waals surface area contributed by atoms with E-state index in [0.29, 0.717) is 0 Å². The van der Waals surface area contributed by atoms with Gasteiger partial charge in [-0.3, -0.25) is 9.89 Å². The molecule has 0 aliphatic rings. The fourth-order valence-electron chi connectivity index (χ4n) is 2.31. The maximum absolute atomic E-state index is 12.0. The summed E-state index contributed by atoms with van der Waals surface area (Å²) in [5.74, 6) is -0.0475. The highest BCUT2D eigenvalue weighted by Gasteiger charge is 2.18. The molecule has 4 nitrogen and oxygen atoms in total. The lowest BCUT2D eigenvalue weighted by Crippen LogP contribution is -2.18. The van der Waals surface area contributed by atoms with E-state index in [1.54, 1.807) is 0 Å². The Morgan fingerprint density at radius 2 is 2.05 bits per heavy atom. The molecular formula is C17H23N3O. The molecule has 2 aromatic rings. The molecule has 0 unspecified atom stereocenters. The predicted molar refractivity (Wildman–Crippen MR) is 86.3 cm³/mol. The van der Waals surface area contributed by atoms with Crippen molar-refractivity contribution in [2.45, 2.75) is 41.0 Å². The number of aromatic amines is 1. The minimum Gasteiger partial charge on any atom is -0.322 e. The zero-order valence-corrected chi connectivity index (χ0v) is 13.4. The SMILES string of the molecule is CCc1[nH]nc(-c2ccc(C)cc2C)c1NC(=O)C(C)C. The summed E-state index contributed by atoms with van der Waals surface area (Å²) in [5, 5.41) is 10.5. The van der Waals surface area contributed by atoms with E-state index in [4.69, 9.17) is 0 Å². The summed E-state index contributed by atoms with van der Waals surface area (Å²) < 4.78 is 0. The van der Waals surface area contributed by atoms with Crippen LogP contribution in [0.4, 0.5) is 5.69 Å². The summed E-state index contributed by atoms with van der Waals surface area (Å²) in [6.07, 6.45) is 0.797. The quantitative estimate of drug-likeness (QED) is 0.896.